The molecule has 4 heterocycles. The summed E-state index contributed by atoms with van der Waals surface area (Å²) < 4.78 is 5.43. The number of piperidine rings is 1. The number of amides is 1. The Morgan fingerprint density at radius 1 is 1.30 bits per heavy atom. The number of aryl methyl sites for hydroxylation is 3. The van der Waals surface area contributed by atoms with E-state index in [-0.39, 0.29) is 11.8 Å². The molecule has 0 aliphatic carbocycles. The largest absolute Gasteiger partial charge is 0.362 e. The molecule has 27 heavy (non-hydrogen) atoms. The standard InChI is InChI=1S/C20H23N5O2/c1-12-7-16(14(3)23-12)20(26)25-6-4-5-15(10-25)19-17(9-21-11-22-19)18-8-13(2)24-27-18/h7-9,11,15,23H,4-6,10H2,1-3H3/t15-/m1/s1. The van der Waals surface area contributed by atoms with Crippen molar-refractivity contribution in [3.8, 4) is 11.3 Å². The summed E-state index contributed by atoms with van der Waals surface area (Å²) in [7, 11) is 0. The Balaban J connectivity index is 1.61. The summed E-state index contributed by atoms with van der Waals surface area (Å²) in [6, 6.07) is 3.81. The number of aromatic amines is 1. The van der Waals surface area contributed by atoms with Crippen LogP contribution >= 0.6 is 0 Å². The zero-order valence-corrected chi connectivity index (χ0v) is 15.8. The number of carbonyl (C=O) groups excluding carboxylic acids is 1. The minimum absolute atomic E-state index is 0.0765. The molecule has 1 aliphatic rings. The molecule has 0 spiro atoms. The molecule has 0 saturated carbocycles. The Bertz CT molecular complexity index is 974. The minimum Gasteiger partial charge on any atom is -0.362 e. The highest BCUT2D eigenvalue weighted by atomic mass is 16.5. The van der Waals surface area contributed by atoms with Gasteiger partial charge in [0.05, 0.1) is 22.5 Å². The molecule has 3 aromatic heterocycles. The molecule has 0 bridgehead atoms. The van der Waals surface area contributed by atoms with Crippen LogP contribution in [0.25, 0.3) is 11.3 Å². The predicted octanol–water partition coefficient (Wildman–Crippen LogP) is 3.40. The molecule has 0 radical (unpaired) electrons. The average Bonchev–Trinajstić information content (AvgIpc) is 3.26. The van der Waals surface area contributed by atoms with E-state index in [9.17, 15) is 4.79 Å². The molecule has 1 atom stereocenters. The average molecular weight is 365 g/mol. The quantitative estimate of drug-likeness (QED) is 0.768. The van der Waals surface area contributed by atoms with Gasteiger partial charge in [0, 0.05) is 42.7 Å². The van der Waals surface area contributed by atoms with Crippen LogP contribution in [0.5, 0.6) is 0 Å². The Kier molecular flexibility index (Phi) is 4.51. The van der Waals surface area contributed by atoms with Gasteiger partial charge in [-0.1, -0.05) is 5.16 Å². The van der Waals surface area contributed by atoms with Crippen LogP contribution in [0.4, 0.5) is 0 Å². The zero-order valence-electron chi connectivity index (χ0n) is 15.8. The lowest BCUT2D eigenvalue weighted by Crippen LogP contribution is -2.39. The van der Waals surface area contributed by atoms with Gasteiger partial charge in [0.1, 0.15) is 6.33 Å². The number of carbonyl (C=O) groups is 1. The summed E-state index contributed by atoms with van der Waals surface area (Å²) in [5.41, 5.74) is 5.26. The molecule has 1 amide bonds. The van der Waals surface area contributed by atoms with Gasteiger partial charge in [-0.05, 0) is 39.7 Å². The van der Waals surface area contributed by atoms with Crippen LogP contribution < -0.4 is 0 Å². The van der Waals surface area contributed by atoms with E-state index in [0.717, 1.165) is 53.3 Å². The van der Waals surface area contributed by atoms with Gasteiger partial charge >= 0.3 is 0 Å². The first-order chi connectivity index (χ1) is 13.0. The third-order valence-electron chi connectivity index (χ3n) is 5.11. The fraction of sp³-hybridized carbons (Fsp3) is 0.400. The number of nitrogens with zero attached hydrogens (tertiary/aromatic N) is 4. The monoisotopic (exact) mass is 365 g/mol. The van der Waals surface area contributed by atoms with Crippen molar-refractivity contribution in [3.63, 3.8) is 0 Å². The van der Waals surface area contributed by atoms with Crippen molar-refractivity contribution in [3.05, 3.63) is 53.0 Å². The predicted molar refractivity (Wildman–Crippen MR) is 100 cm³/mol. The van der Waals surface area contributed by atoms with Crippen molar-refractivity contribution < 1.29 is 9.32 Å². The van der Waals surface area contributed by atoms with Gasteiger partial charge in [0.15, 0.2) is 5.76 Å². The van der Waals surface area contributed by atoms with Crippen LogP contribution in [-0.2, 0) is 0 Å². The maximum atomic E-state index is 13.0. The van der Waals surface area contributed by atoms with Crippen molar-refractivity contribution in [2.75, 3.05) is 13.1 Å². The fourth-order valence-electron chi connectivity index (χ4n) is 3.85. The Morgan fingerprint density at radius 3 is 2.85 bits per heavy atom. The lowest BCUT2D eigenvalue weighted by molar-refractivity contribution is 0.0705. The van der Waals surface area contributed by atoms with E-state index in [1.54, 1.807) is 12.5 Å². The molecule has 1 N–H and O–H groups in total. The maximum absolute atomic E-state index is 13.0. The molecule has 1 fully saturated rings. The molecule has 140 valence electrons. The summed E-state index contributed by atoms with van der Waals surface area (Å²) in [6.45, 7) is 7.20. The van der Waals surface area contributed by atoms with E-state index in [4.69, 9.17) is 4.52 Å². The van der Waals surface area contributed by atoms with Crippen molar-refractivity contribution in [2.45, 2.75) is 39.5 Å². The smallest absolute Gasteiger partial charge is 0.255 e. The lowest BCUT2D eigenvalue weighted by Gasteiger charge is -2.33. The molecule has 1 saturated heterocycles. The maximum Gasteiger partial charge on any atom is 0.255 e. The highest BCUT2D eigenvalue weighted by Gasteiger charge is 2.29. The minimum atomic E-state index is 0.0765. The van der Waals surface area contributed by atoms with Crippen LogP contribution in [0.1, 0.15) is 51.9 Å². The number of aromatic nitrogens is 4. The lowest BCUT2D eigenvalue weighted by atomic mass is 9.91. The van der Waals surface area contributed by atoms with Gasteiger partial charge in [-0.25, -0.2) is 9.97 Å². The first-order valence-corrected chi connectivity index (χ1v) is 9.22. The Hall–Kier alpha value is -2.96. The number of hydrogen-bond acceptors (Lipinski definition) is 5. The van der Waals surface area contributed by atoms with Crippen molar-refractivity contribution in [2.24, 2.45) is 0 Å². The van der Waals surface area contributed by atoms with Crippen LogP contribution in [0.3, 0.4) is 0 Å². The van der Waals surface area contributed by atoms with Crippen LogP contribution in [0, 0.1) is 20.8 Å². The van der Waals surface area contributed by atoms with Gasteiger partial charge in [0.2, 0.25) is 0 Å². The Labute approximate surface area is 157 Å². The molecule has 1 aliphatic heterocycles. The fourth-order valence-corrected chi connectivity index (χ4v) is 3.85. The third-order valence-corrected chi connectivity index (χ3v) is 5.11. The number of likely N-dealkylation sites (tertiary alicyclic amines) is 1. The SMILES string of the molecule is Cc1cc(-c2cncnc2[C@@H]2CCCN(C(=O)c3cc(C)[nH]c3C)C2)on1. The van der Waals surface area contributed by atoms with E-state index in [1.165, 1.54) is 0 Å². The molecule has 3 aromatic rings. The van der Waals surface area contributed by atoms with Crippen LogP contribution in [0.15, 0.2) is 29.2 Å². The van der Waals surface area contributed by atoms with Gasteiger partial charge < -0.3 is 14.4 Å². The first kappa shape index (κ1) is 17.5. The highest BCUT2D eigenvalue weighted by molar-refractivity contribution is 5.95. The summed E-state index contributed by atoms with van der Waals surface area (Å²) in [5.74, 6) is 0.891. The summed E-state index contributed by atoms with van der Waals surface area (Å²) in [4.78, 5) is 26.9. The summed E-state index contributed by atoms with van der Waals surface area (Å²) in [6.07, 6.45) is 5.25. The second kappa shape index (κ2) is 6.98. The van der Waals surface area contributed by atoms with Gasteiger partial charge in [-0.3, -0.25) is 4.79 Å². The molecular weight excluding hydrogens is 342 g/mol. The van der Waals surface area contributed by atoms with E-state index in [2.05, 4.69) is 20.1 Å². The summed E-state index contributed by atoms with van der Waals surface area (Å²) >= 11 is 0. The molecule has 7 heteroatoms. The highest BCUT2D eigenvalue weighted by Crippen LogP contribution is 2.33. The number of rotatable bonds is 3. The van der Waals surface area contributed by atoms with Crippen molar-refractivity contribution in [1.29, 1.82) is 0 Å². The van der Waals surface area contributed by atoms with Gasteiger partial charge in [0.25, 0.3) is 5.91 Å². The van der Waals surface area contributed by atoms with Crippen molar-refractivity contribution >= 4 is 5.91 Å². The third kappa shape index (κ3) is 3.37. The number of H-pyrrole nitrogens is 1. The van der Waals surface area contributed by atoms with Crippen LogP contribution in [0.2, 0.25) is 0 Å². The molecular formula is C20H23N5O2. The van der Waals surface area contributed by atoms with Gasteiger partial charge in [-0.2, -0.15) is 0 Å². The second-order valence-corrected chi connectivity index (χ2v) is 7.24. The second-order valence-electron chi connectivity index (χ2n) is 7.24. The first-order valence-electron chi connectivity index (χ1n) is 9.22. The summed E-state index contributed by atoms with van der Waals surface area (Å²) in [5, 5.41) is 3.98. The number of nitrogens with one attached hydrogen (secondary N) is 1. The topological polar surface area (TPSA) is 87.9 Å². The van der Waals surface area contributed by atoms with E-state index in [0.29, 0.717) is 12.3 Å². The van der Waals surface area contributed by atoms with Crippen LogP contribution in [-0.4, -0.2) is 44.0 Å². The van der Waals surface area contributed by atoms with Crippen molar-refractivity contribution in [1.82, 2.24) is 25.0 Å². The molecule has 0 aromatic carbocycles. The Morgan fingerprint density at radius 2 is 2.15 bits per heavy atom. The zero-order chi connectivity index (χ0) is 19.0. The molecule has 4 rings (SSSR count). The van der Waals surface area contributed by atoms with Gasteiger partial charge in [-0.15, -0.1) is 0 Å². The normalized spacial score (nSPS) is 17.3. The van der Waals surface area contributed by atoms with E-state index in [1.807, 2.05) is 37.8 Å². The molecule has 7 nitrogen and oxygen atoms in total. The number of hydrogen-bond donors (Lipinski definition) is 1. The van der Waals surface area contributed by atoms with E-state index >= 15 is 0 Å². The van der Waals surface area contributed by atoms with E-state index < -0.39 is 0 Å². The molecule has 0 unspecified atom stereocenters.